The summed E-state index contributed by atoms with van der Waals surface area (Å²) < 4.78 is 6.69. The fourth-order valence-electron chi connectivity index (χ4n) is 3.48. The molecule has 30 heavy (non-hydrogen) atoms. The van der Waals surface area contributed by atoms with E-state index < -0.39 is 12.0 Å². The fourth-order valence-corrected chi connectivity index (χ4v) is 3.65. The van der Waals surface area contributed by atoms with Gasteiger partial charge in [0.25, 0.3) is 5.56 Å². The van der Waals surface area contributed by atoms with Gasteiger partial charge >= 0.3 is 5.97 Å². The Labute approximate surface area is 177 Å². The number of rotatable bonds is 4. The van der Waals surface area contributed by atoms with E-state index in [-0.39, 0.29) is 24.5 Å². The molecular weight excluding hydrogens is 406 g/mol. The molecule has 152 valence electrons. The van der Waals surface area contributed by atoms with Crippen molar-refractivity contribution in [3.05, 3.63) is 87.1 Å². The highest BCUT2D eigenvalue weighted by atomic mass is 35.5. The van der Waals surface area contributed by atoms with E-state index in [1.54, 1.807) is 18.3 Å². The summed E-state index contributed by atoms with van der Waals surface area (Å²) in [4.78, 5) is 42.7. The Balaban J connectivity index is 1.50. The molecule has 0 fully saturated rings. The number of nitrogens with zero attached hydrogens (tertiary/aromatic N) is 3. The molecule has 1 aromatic carbocycles. The molecule has 2 aromatic heterocycles. The Hall–Kier alpha value is -3.45. The Bertz CT molecular complexity index is 1230. The molecule has 1 aliphatic heterocycles. The number of hydrogen-bond acceptors (Lipinski definition) is 5. The molecule has 1 atom stereocenters. The van der Waals surface area contributed by atoms with Crippen molar-refractivity contribution >= 4 is 35.2 Å². The second kappa shape index (κ2) is 8.12. The zero-order chi connectivity index (χ0) is 21.3. The van der Waals surface area contributed by atoms with Gasteiger partial charge in [-0.1, -0.05) is 35.9 Å². The first-order valence-electron chi connectivity index (χ1n) is 9.32. The molecule has 8 heteroatoms. The number of benzene rings is 1. The molecular formula is C22H18ClN3O4. The molecule has 1 amide bonds. The van der Waals surface area contributed by atoms with E-state index in [1.165, 1.54) is 28.5 Å². The van der Waals surface area contributed by atoms with Gasteiger partial charge in [0.1, 0.15) is 12.3 Å². The van der Waals surface area contributed by atoms with Crippen LogP contribution >= 0.6 is 11.6 Å². The third kappa shape index (κ3) is 3.97. The zero-order valence-electron chi connectivity index (χ0n) is 16.1. The van der Waals surface area contributed by atoms with Gasteiger partial charge in [-0.25, -0.2) is 4.98 Å². The summed E-state index contributed by atoms with van der Waals surface area (Å²) in [5.41, 5.74) is 2.26. The van der Waals surface area contributed by atoms with Crippen LogP contribution in [0, 0.1) is 0 Å². The third-order valence-corrected chi connectivity index (χ3v) is 5.11. The summed E-state index contributed by atoms with van der Waals surface area (Å²) in [7, 11) is 0. The molecule has 3 aromatic rings. The molecule has 0 saturated heterocycles. The fraction of sp³-hybridized carbons (Fsp3) is 0.182. The van der Waals surface area contributed by atoms with E-state index in [9.17, 15) is 14.4 Å². The smallest absolute Gasteiger partial charge is 0.308 e. The van der Waals surface area contributed by atoms with Crippen LogP contribution in [0.15, 0.2) is 59.7 Å². The number of hydrogen-bond donors (Lipinski definition) is 0. The lowest BCUT2D eigenvalue weighted by Gasteiger charge is -2.32. The maximum absolute atomic E-state index is 12.5. The number of amides is 1. The number of fused-ring (bicyclic) bond motifs is 2. The summed E-state index contributed by atoms with van der Waals surface area (Å²) in [5, 5.41) is 0.419. The monoisotopic (exact) mass is 423 g/mol. The van der Waals surface area contributed by atoms with Crippen LogP contribution in [0.2, 0.25) is 5.02 Å². The predicted octanol–water partition coefficient (Wildman–Crippen LogP) is 3.36. The zero-order valence-corrected chi connectivity index (χ0v) is 16.9. The first-order valence-corrected chi connectivity index (χ1v) is 9.69. The molecule has 0 radical (unpaired) electrons. The lowest BCUT2D eigenvalue weighted by Crippen LogP contribution is -2.32. The van der Waals surface area contributed by atoms with Gasteiger partial charge in [0.05, 0.1) is 23.2 Å². The molecule has 4 rings (SSSR count). The van der Waals surface area contributed by atoms with Crippen molar-refractivity contribution in [1.29, 1.82) is 0 Å². The molecule has 7 nitrogen and oxygen atoms in total. The molecule has 0 unspecified atom stereocenters. The number of pyridine rings is 1. The Kier molecular flexibility index (Phi) is 5.37. The lowest BCUT2D eigenvalue weighted by atomic mass is 9.94. The average Bonchev–Trinajstić information content (AvgIpc) is 2.73. The van der Waals surface area contributed by atoms with Crippen molar-refractivity contribution in [2.24, 2.45) is 0 Å². The maximum Gasteiger partial charge on any atom is 0.308 e. The number of carbonyl (C=O) groups excluding carboxylic acids is 2. The van der Waals surface area contributed by atoms with Crippen LogP contribution < -0.4 is 5.56 Å². The van der Waals surface area contributed by atoms with Crippen LogP contribution in [0.3, 0.4) is 0 Å². The van der Waals surface area contributed by atoms with Crippen LogP contribution in [-0.2, 0) is 20.9 Å². The van der Waals surface area contributed by atoms with Crippen molar-refractivity contribution < 1.29 is 14.3 Å². The summed E-state index contributed by atoms with van der Waals surface area (Å²) >= 11 is 5.91. The topological polar surface area (TPSA) is 81.0 Å². The maximum atomic E-state index is 12.5. The van der Waals surface area contributed by atoms with Crippen LogP contribution in [0.25, 0.3) is 11.7 Å². The van der Waals surface area contributed by atoms with Gasteiger partial charge in [0, 0.05) is 25.4 Å². The first-order chi connectivity index (χ1) is 14.4. The van der Waals surface area contributed by atoms with E-state index in [4.69, 9.17) is 16.3 Å². The molecule has 1 aliphatic rings. The van der Waals surface area contributed by atoms with Crippen LogP contribution in [0.5, 0.6) is 0 Å². The average molecular weight is 424 g/mol. The number of halogens is 1. The minimum Gasteiger partial charge on any atom is -0.459 e. The summed E-state index contributed by atoms with van der Waals surface area (Å²) in [6, 6.07) is 11.7. The van der Waals surface area contributed by atoms with Crippen molar-refractivity contribution in [1.82, 2.24) is 14.3 Å². The Morgan fingerprint density at radius 2 is 2.00 bits per heavy atom. The van der Waals surface area contributed by atoms with Crippen molar-refractivity contribution in [3.63, 3.8) is 0 Å². The number of aromatic nitrogens is 2. The largest absolute Gasteiger partial charge is 0.459 e. The van der Waals surface area contributed by atoms with Gasteiger partial charge in [-0.15, -0.1) is 0 Å². The van der Waals surface area contributed by atoms with Gasteiger partial charge in [0.2, 0.25) is 5.91 Å². The molecule has 0 aliphatic carbocycles. The molecule has 0 N–H and O–H groups in total. The van der Waals surface area contributed by atoms with Crippen LogP contribution in [0.4, 0.5) is 0 Å². The normalized spacial score (nSPS) is 15.1. The van der Waals surface area contributed by atoms with Gasteiger partial charge in [-0.05, 0) is 29.3 Å². The van der Waals surface area contributed by atoms with Crippen molar-refractivity contribution in [2.45, 2.75) is 26.0 Å². The second-order valence-corrected chi connectivity index (χ2v) is 7.35. The number of ether oxygens (including phenoxy) is 1. The SMILES string of the molecule is CC(=O)N1C=Cc2ccccc2[C@@H]1CC(=O)OCc1cc(=O)n2cc(Cl)ccc2n1. The summed E-state index contributed by atoms with van der Waals surface area (Å²) in [6.07, 6.45) is 4.99. The third-order valence-electron chi connectivity index (χ3n) is 4.89. The summed E-state index contributed by atoms with van der Waals surface area (Å²) in [5.74, 6) is -0.657. The first kappa shape index (κ1) is 19.8. The summed E-state index contributed by atoms with van der Waals surface area (Å²) in [6.45, 7) is 1.31. The van der Waals surface area contributed by atoms with E-state index in [1.807, 2.05) is 30.3 Å². The highest BCUT2D eigenvalue weighted by molar-refractivity contribution is 6.30. The van der Waals surface area contributed by atoms with E-state index in [0.717, 1.165) is 11.1 Å². The van der Waals surface area contributed by atoms with Crippen LogP contribution in [-0.4, -0.2) is 26.2 Å². The Morgan fingerprint density at radius 3 is 2.80 bits per heavy atom. The molecule has 0 saturated carbocycles. The molecule has 0 spiro atoms. The van der Waals surface area contributed by atoms with E-state index in [0.29, 0.717) is 16.4 Å². The van der Waals surface area contributed by atoms with E-state index in [2.05, 4.69) is 4.98 Å². The van der Waals surface area contributed by atoms with Crippen molar-refractivity contribution in [2.75, 3.05) is 0 Å². The van der Waals surface area contributed by atoms with Crippen molar-refractivity contribution in [3.8, 4) is 0 Å². The van der Waals surface area contributed by atoms with E-state index >= 15 is 0 Å². The number of esters is 1. The van der Waals surface area contributed by atoms with Gasteiger partial charge in [-0.3, -0.25) is 18.8 Å². The second-order valence-electron chi connectivity index (χ2n) is 6.91. The molecule has 3 heterocycles. The predicted molar refractivity (Wildman–Crippen MR) is 112 cm³/mol. The molecule has 0 bridgehead atoms. The minimum absolute atomic E-state index is 0.0108. The standard InChI is InChI=1S/C22H18ClN3O4/c1-14(27)25-9-8-15-4-2-3-5-18(15)19(25)11-22(29)30-13-17-10-21(28)26-12-16(23)6-7-20(26)24-17/h2-10,12,19H,11,13H2,1H3/t19-/m0/s1. The lowest BCUT2D eigenvalue weighted by molar-refractivity contribution is -0.147. The van der Waals surface area contributed by atoms with Gasteiger partial charge in [0.15, 0.2) is 0 Å². The Morgan fingerprint density at radius 1 is 1.20 bits per heavy atom. The number of carbonyl (C=O) groups is 2. The highest BCUT2D eigenvalue weighted by Gasteiger charge is 2.28. The van der Waals surface area contributed by atoms with Gasteiger partial charge < -0.3 is 9.64 Å². The highest BCUT2D eigenvalue weighted by Crippen LogP contribution is 2.33. The van der Waals surface area contributed by atoms with Crippen LogP contribution in [0.1, 0.15) is 36.2 Å². The van der Waals surface area contributed by atoms with Gasteiger partial charge in [-0.2, -0.15) is 0 Å². The minimum atomic E-state index is -0.491. The quantitative estimate of drug-likeness (QED) is 0.601.